The fraction of sp³-hybridized carbons (Fsp3) is 0.444. The number of hydrogen-bond acceptors (Lipinski definition) is 2. The number of thiocarbonyl (C=S) groups is 1. The van der Waals surface area contributed by atoms with E-state index in [0.717, 1.165) is 24.5 Å². The first kappa shape index (κ1) is 17.9. The van der Waals surface area contributed by atoms with Gasteiger partial charge in [-0.05, 0) is 66.1 Å². The number of hydrazone groups is 1. The molecule has 0 aromatic heterocycles. The molecule has 2 unspecified atom stereocenters. The van der Waals surface area contributed by atoms with Crippen LogP contribution in [0.1, 0.15) is 32.3 Å². The molecule has 2 bridgehead atoms. The molecule has 0 spiro atoms. The molecule has 2 atom stereocenters. The number of nitrogens with zero attached hydrogens (tertiary/aromatic N) is 1. The highest BCUT2D eigenvalue weighted by Crippen LogP contribution is 2.58. The van der Waals surface area contributed by atoms with Crippen LogP contribution in [0, 0.1) is 17.3 Å². The second-order valence-electron chi connectivity index (χ2n) is 7.15. The van der Waals surface area contributed by atoms with Crippen molar-refractivity contribution in [3.8, 4) is 0 Å². The van der Waals surface area contributed by atoms with Gasteiger partial charge in [-0.1, -0.05) is 26.0 Å². The number of benzene rings is 1. The van der Waals surface area contributed by atoms with Crippen molar-refractivity contribution >= 4 is 29.2 Å². The van der Waals surface area contributed by atoms with Gasteiger partial charge in [0.05, 0.1) is 11.8 Å². The average molecular weight is 367 g/mol. The summed E-state index contributed by atoms with van der Waals surface area (Å²) in [5.74, 6) is 1.27. The summed E-state index contributed by atoms with van der Waals surface area (Å²) < 4.78 is 38.1. The lowest BCUT2D eigenvalue weighted by molar-refractivity contribution is -0.137. The van der Waals surface area contributed by atoms with Crippen LogP contribution >= 0.6 is 12.2 Å². The predicted molar refractivity (Wildman–Crippen MR) is 97.4 cm³/mol. The smallest absolute Gasteiger partial charge is 0.331 e. The molecule has 1 aromatic rings. The van der Waals surface area contributed by atoms with Crippen molar-refractivity contribution in [1.29, 1.82) is 0 Å². The molecule has 0 radical (unpaired) electrons. The largest absolute Gasteiger partial charge is 0.416 e. The minimum absolute atomic E-state index is 0.151. The van der Waals surface area contributed by atoms with E-state index in [-0.39, 0.29) is 10.8 Å². The third-order valence-electron chi connectivity index (χ3n) is 5.34. The SMILES string of the molecule is CC1(C)C2CC=C(/C=N/NC(=S)Nc3cccc(C(F)(F)F)c3)C1C2. The van der Waals surface area contributed by atoms with Crippen LogP contribution < -0.4 is 10.7 Å². The van der Waals surface area contributed by atoms with Crippen molar-refractivity contribution in [2.45, 2.75) is 32.9 Å². The molecule has 0 amide bonds. The van der Waals surface area contributed by atoms with Gasteiger partial charge >= 0.3 is 6.18 Å². The number of fused-ring (bicyclic) bond motifs is 1. The summed E-state index contributed by atoms with van der Waals surface area (Å²) >= 11 is 5.09. The lowest BCUT2D eigenvalue weighted by Crippen LogP contribution is -2.48. The Hall–Kier alpha value is -1.89. The summed E-state index contributed by atoms with van der Waals surface area (Å²) in [6, 6.07) is 4.88. The number of nitrogens with one attached hydrogen (secondary N) is 2. The molecule has 3 aliphatic rings. The van der Waals surface area contributed by atoms with Crippen molar-refractivity contribution < 1.29 is 13.2 Å². The Labute approximate surface area is 150 Å². The standard InChI is InChI=1S/C18H20F3N3S/c1-17(2)12-7-6-11(15(17)9-12)10-22-24-16(25)23-14-5-3-4-13(8-14)18(19,20)21/h3-6,8,10,12,15H,7,9H2,1-2H3,(H2,23,24,25)/b22-10+. The van der Waals surface area contributed by atoms with Crippen LogP contribution in [0.4, 0.5) is 18.9 Å². The van der Waals surface area contributed by atoms with Gasteiger partial charge in [-0.25, -0.2) is 0 Å². The third kappa shape index (κ3) is 3.71. The molecule has 1 aromatic carbocycles. The van der Waals surface area contributed by atoms with Crippen molar-refractivity contribution in [2.24, 2.45) is 22.4 Å². The van der Waals surface area contributed by atoms with Gasteiger partial charge in [-0.15, -0.1) is 0 Å². The Bertz CT molecular complexity index is 737. The Morgan fingerprint density at radius 1 is 1.36 bits per heavy atom. The van der Waals surface area contributed by atoms with E-state index in [1.165, 1.54) is 24.1 Å². The van der Waals surface area contributed by atoms with Crippen LogP contribution in [-0.4, -0.2) is 11.3 Å². The normalized spacial score (nSPS) is 24.4. The topological polar surface area (TPSA) is 36.4 Å². The van der Waals surface area contributed by atoms with Gasteiger partial charge in [-0.2, -0.15) is 18.3 Å². The molecule has 7 heteroatoms. The molecular weight excluding hydrogens is 347 g/mol. The molecular formula is C18H20F3N3S. The maximum atomic E-state index is 12.7. The van der Waals surface area contributed by atoms with Gasteiger partial charge < -0.3 is 5.32 Å². The highest BCUT2D eigenvalue weighted by atomic mass is 32.1. The zero-order valence-electron chi connectivity index (χ0n) is 14.0. The average Bonchev–Trinajstić information content (AvgIpc) is 2.54. The Morgan fingerprint density at radius 3 is 2.76 bits per heavy atom. The van der Waals surface area contributed by atoms with Crippen LogP contribution in [-0.2, 0) is 6.18 Å². The first-order valence-corrected chi connectivity index (χ1v) is 8.56. The van der Waals surface area contributed by atoms with Crippen molar-refractivity contribution in [3.05, 3.63) is 41.5 Å². The molecule has 3 aliphatic carbocycles. The number of rotatable bonds is 3. The Morgan fingerprint density at radius 2 is 2.12 bits per heavy atom. The Kier molecular flexibility index (Phi) is 4.62. The first-order valence-electron chi connectivity index (χ1n) is 8.15. The number of halogens is 3. The molecule has 2 N–H and O–H groups in total. The van der Waals surface area contributed by atoms with Crippen LogP contribution in [0.15, 0.2) is 41.0 Å². The van der Waals surface area contributed by atoms with Crippen LogP contribution in [0.5, 0.6) is 0 Å². The second kappa shape index (κ2) is 6.44. The molecule has 25 heavy (non-hydrogen) atoms. The monoisotopic (exact) mass is 367 g/mol. The van der Waals surface area contributed by atoms with Crippen LogP contribution in [0.2, 0.25) is 0 Å². The Balaban J connectivity index is 1.56. The summed E-state index contributed by atoms with van der Waals surface area (Å²) in [5.41, 5.74) is 3.72. The van der Waals surface area contributed by atoms with E-state index in [1.807, 2.05) is 0 Å². The number of allylic oxidation sites excluding steroid dienone is 2. The lowest BCUT2D eigenvalue weighted by Gasteiger charge is -2.55. The van der Waals surface area contributed by atoms with Gasteiger partial charge in [-0.3, -0.25) is 5.43 Å². The van der Waals surface area contributed by atoms with Gasteiger partial charge in [0.15, 0.2) is 5.11 Å². The molecule has 4 rings (SSSR count). The van der Waals surface area contributed by atoms with Crippen molar-refractivity contribution in [1.82, 2.24) is 5.43 Å². The number of hydrogen-bond donors (Lipinski definition) is 2. The fourth-order valence-corrected chi connectivity index (χ4v) is 3.81. The molecule has 1 fully saturated rings. The fourth-order valence-electron chi connectivity index (χ4n) is 3.64. The third-order valence-corrected chi connectivity index (χ3v) is 5.53. The summed E-state index contributed by atoms with van der Waals surface area (Å²) in [6.45, 7) is 4.56. The van der Waals surface area contributed by atoms with E-state index in [9.17, 15) is 13.2 Å². The van der Waals surface area contributed by atoms with E-state index in [2.05, 4.69) is 35.8 Å². The van der Waals surface area contributed by atoms with Crippen molar-refractivity contribution in [2.75, 3.05) is 5.32 Å². The van der Waals surface area contributed by atoms with Gasteiger partial charge in [0.25, 0.3) is 0 Å². The maximum Gasteiger partial charge on any atom is 0.416 e. The van der Waals surface area contributed by atoms with E-state index in [4.69, 9.17) is 12.2 Å². The zero-order chi connectivity index (χ0) is 18.2. The van der Waals surface area contributed by atoms with E-state index in [1.54, 1.807) is 6.21 Å². The first-order chi connectivity index (χ1) is 11.7. The minimum atomic E-state index is -4.38. The second-order valence-corrected chi connectivity index (χ2v) is 7.56. The molecule has 3 nitrogen and oxygen atoms in total. The summed E-state index contributed by atoms with van der Waals surface area (Å²) in [4.78, 5) is 0. The number of alkyl halides is 3. The molecule has 1 saturated carbocycles. The lowest BCUT2D eigenvalue weighted by atomic mass is 9.49. The summed E-state index contributed by atoms with van der Waals surface area (Å²) in [5, 5.41) is 7.00. The van der Waals surface area contributed by atoms with E-state index >= 15 is 0 Å². The molecule has 0 heterocycles. The van der Waals surface area contributed by atoms with E-state index < -0.39 is 11.7 Å². The highest BCUT2D eigenvalue weighted by molar-refractivity contribution is 7.80. The van der Waals surface area contributed by atoms with Crippen LogP contribution in [0.3, 0.4) is 0 Å². The van der Waals surface area contributed by atoms with Gasteiger partial charge in [0.2, 0.25) is 0 Å². The molecule has 0 saturated heterocycles. The maximum absolute atomic E-state index is 12.7. The van der Waals surface area contributed by atoms with E-state index in [0.29, 0.717) is 11.3 Å². The van der Waals surface area contributed by atoms with Gasteiger partial charge in [0.1, 0.15) is 0 Å². The predicted octanol–water partition coefficient (Wildman–Crippen LogP) is 4.97. The van der Waals surface area contributed by atoms with Crippen LogP contribution in [0.25, 0.3) is 0 Å². The molecule has 134 valence electrons. The number of anilines is 1. The summed E-state index contributed by atoms with van der Waals surface area (Å²) in [7, 11) is 0. The highest BCUT2D eigenvalue weighted by Gasteiger charge is 2.50. The molecule has 0 aliphatic heterocycles. The zero-order valence-corrected chi connectivity index (χ0v) is 14.8. The quantitative estimate of drug-likeness (QED) is 0.450. The minimum Gasteiger partial charge on any atom is -0.331 e. The van der Waals surface area contributed by atoms with Crippen molar-refractivity contribution in [3.63, 3.8) is 0 Å². The van der Waals surface area contributed by atoms with Gasteiger partial charge in [0, 0.05) is 5.69 Å². The summed E-state index contributed by atoms with van der Waals surface area (Å²) in [6.07, 6.45) is 1.85.